The number of hydrogen-bond donors (Lipinski definition) is 1. The van der Waals surface area contributed by atoms with Crippen molar-refractivity contribution in [3.63, 3.8) is 0 Å². The van der Waals surface area contributed by atoms with Crippen molar-refractivity contribution in [2.45, 2.75) is 55.6 Å². The number of carbonyl (C=O) groups excluding carboxylic acids is 4. The molecule has 0 aromatic heterocycles. The van der Waals surface area contributed by atoms with Gasteiger partial charge in [0.05, 0.1) is 5.69 Å². The van der Waals surface area contributed by atoms with Gasteiger partial charge in [-0.25, -0.2) is 4.39 Å². The van der Waals surface area contributed by atoms with Crippen molar-refractivity contribution in [1.29, 1.82) is 0 Å². The monoisotopic (exact) mass is 458 g/mol. The Morgan fingerprint density at radius 1 is 1.22 bits per heavy atom. The number of carbonyl (C=O) groups is 4. The maximum atomic E-state index is 13.1. The number of alkyl halides is 1. The zero-order chi connectivity index (χ0) is 22.8. The molecule has 2 bridgehead atoms. The van der Waals surface area contributed by atoms with E-state index in [0.29, 0.717) is 45.2 Å². The first-order chi connectivity index (χ1) is 15.4. The van der Waals surface area contributed by atoms with E-state index in [2.05, 4.69) is 5.32 Å². The van der Waals surface area contributed by atoms with Crippen LogP contribution in [-0.4, -0.2) is 47.4 Å². The SMILES string of the molecule is Cc1cc(CCN2C(=O)C=CC2=O)c(NC(=O)CF)c(SC2CC3CCC2CC3)c1C=O. The minimum Gasteiger partial charge on any atom is -0.323 e. The molecular formula is C24H27FN2O4S. The van der Waals surface area contributed by atoms with Gasteiger partial charge in [0.1, 0.15) is 0 Å². The number of hydrogen-bond acceptors (Lipinski definition) is 5. The molecule has 0 radical (unpaired) electrons. The van der Waals surface area contributed by atoms with Crippen molar-refractivity contribution in [3.05, 3.63) is 34.9 Å². The van der Waals surface area contributed by atoms with Crippen molar-refractivity contribution >= 4 is 41.5 Å². The van der Waals surface area contributed by atoms with Gasteiger partial charge in [0.25, 0.3) is 17.7 Å². The average molecular weight is 459 g/mol. The Bertz CT molecular complexity index is 967. The minimum absolute atomic E-state index is 0.140. The molecule has 1 unspecified atom stereocenters. The number of anilines is 1. The molecule has 0 saturated heterocycles. The summed E-state index contributed by atoms with van der Waals surface area (Å²) in [5.74, 6) is -0.264. The van der Waals surface area contributed by atoms with E-state index >= 15 is 0 Å². The number of nitrogens with one attached hydrogen (secondary N) is 1. The topological polar surface area (TPSA) is 83.6 Å². The summed E-state index contributed by atoms with van der Waals surface area (Å²) >= 11 is 1.62. The van der Waals surface area contributed by atoms with Crippen LogP contribution in [0.2, 0.25) is 0 Å². The van der Waals surface area contributed by atoms with Gasteiger partial charge in [0.2, 0.25) is 0 Å². The first kappa shape index (κ1) is 22.7. The third-order valence-corrected chi connectivity index (χ3v) is 8.41. The van der Waals surface area contributed by atoms with E-state index in [-0.39, 0.29) is 18.4 Å². The van der Waals surface area contributed by atoms with Gasteiger partial charge in [-0.2, -0.15) is 0 Å². The third-order valence-electron chi connectivity index (χ3n) is 6.87. The smallest absolute Gasteiger partial charge is 0.255 e. The molecular weight excluding hydrogens is 431 g/mol. The molecule has 1 aromatic carbocycles. The van der Waals surface area contributed by atoms with Gasteiger partial charge in [-0.1, -0.05) is 18.9 Å². The number of nitrogens with zero attached hydrogens (tertiary/aromatic N) is 1. The van der Waals surface area contributed by atoms with Crippen LogP contribution in [0, 0.1) is 18.8 Å². The minimum atomic E-state index is -1.17. The highest BCUT2D eigenvalue weighted by Crippen LogP contribution is 2.50. The highest BCUT2D eigenvalue weighted by molar-refractivity contribution is 8.00. The van der Waals surface area contributed by atoms with Crippen LogP contribution in [0.3, 0.4) is 0 Å². The van der Waals surface area contributed by atoms with Gasteiger partial charge in [0.15, 0.2) is 13.0 Å². The fourth-order valence-corrected chi connectivity index (χ4v) is 6.91. The van der Waals surface area contributed by atoms with Crippen molar-refractivity contribution in [2.75, 3.05) is 18.5 Å². The summed E-state index contributed by atoms with van der Waals surface area (Å²) in [5, 5.41) is 3.01. The van der Waals surface area contributed by atoms with E-state index in [1.165, 1.54) is 37.8 Å². The van der Waals surface area contributed by atoms with Crippen LogP contribution in [0.4, 0.5) is 10.1 Å². The number of amides is 3. The Morgan fingerprint density at radius 2 is 1.91 bits per heavy atom. The van der Waals surface area contributed by atoms with Gasteiger partial charge in [-0.05, 0) is 55.6 Å². The Balaban J connectivity index is 1.68. The molecule has 6 nitrogen and oxygen atoms in total. The molecule has 32 heavy (non-hydrogen) atoms. The second kappa shape index (κ2) is 9.57. The molecule has 170 valence electrons. The second-order valence-corrected chi connectivity index (χ2v) is 10.1. The maximum Gasteiger partial charge on any atom is 0.255 e. The number of halogens is 1. The molecule has 1 atom stereocenters. The quantitative estimate of drug-likeness (QED) is 0.473. The fraction of sp³-hybridized carbons (Fsp3) is 0.500. The first-order valence-electron chi connectivity index (χ1n) is 11.1. The van der Waals surface area contributed by atoms with Crippen LogP contribution in [-0.2, 0) is 20.8 Å². The second-order valence-electron chi connectivity index (χ2n) is 8.85. The highest BCUT2D eigenvalue weighted by Gasteiger charge is 2.37. The molecule has 3 amide bonds. The lowest BCUT2D eigenvalue weighted by Crippen LogP contribution is -2.33. The van der Waals surface area contributed by atoms with Gasteiger partial charge >= 0.3 is 0 Å². The molecule has 5 rings (SSSR count). The lowest BCUT2D eigenvalue weighted by molar-refractivity contribution is -0.136. The Morgan fingerprint density at radius 3 is 2.47 bits per heavy atom. The van der Waals surface area contributed by atoms with Crippen LogP contribution in [0.5, 0.6) is 0 Å². The molecule has 1 aromatic rings. The van der Waals surface area contributed by atoms with E-state index in [4.69, 9.17) is 0 Å². The molecule has 8 heteroatoms. The number of benzene rings is 1. The van der Waals surface area contributed by atoms with Crippen molar-refractivity contribution in [3.8, 4) is 0 Å². The lowest BCUT2D eigenvalue weighted by Gasteiger charge is -2.42. The molecule has 1 heterocycles. The Labute approximate surface area is 191 Å². The van der Waals surface area contributed by atoms with Crippen LogP contribution in [0.25, 0.3) is 0 Å². The summed E-state index contributed by atoms with van der Waals surface area (Å²) < 4.78 is 13.1. The summed E-state index contributed by atoms with van der Waals surface area (Å²) in [4.78, 5) is 49.7. The van der Waals surface area contributed by atoms with Crippen molar-refractivity contribution in [2.24, 2.45) is 11.8 Å². The lowest BCUT2D eigenvalue weighted by atomic mass is 9.70. The normalized spacial score (nSPS) is 24.3. The van der Waals surface area contributed by atoms with Gasteiger partial charge < -0.3 is 5.32 Å². The predicted octanol–water partition coefficient (Wildman–Crippen LogP) is 3.85. The van der Waals surface area contributed by atoms with E-state index in [9.17, 15) is 23.6 Å². The van der Waals surface area contributed by atoms with Gasteiger partial charge in [-0.15, -0.1) is 11.8 Å². The standard InChI is InChI=1S/C24H27FN2O4S/c1-14-10-17(8-9-27-21(30)6-7-22(27)31)23(26-20(29)12-25)24(18(14)13-28)32-19-11-15-2-4-16(19)5-3-15/h6-7,10,13,15-16,19H,2-5,8-9,11-12H2,1H3,(H,26,29). The molecule has 3 saturated carbocycles. The molecule has 1 aliphatic heterocycles. The molecule has 1 N–H and O–H groups in total. The summed E-state index contributed by atoms with van der Waals surface area (Å²) in [6.07, 6.45) is 9.48. The van der Waals surface area contributed by atoms with Crippen LogP contribution < -0.4 is 5.32 Å². The maximum absolute atomic E-state index is 13.1. The number of imide groups is 1. The zero-order valence-electron chi connectivity index (χ0n) is 18.1. The zero-order valence-corrected chi connectivity index (χ0v) is 18.9. The number of fused-ring (bicyclic) bond motifs is 3. The number of thioether (sulfide) groups is 1. The highest BCUT2D eigenvalue weighted by atomic mass is 32.2. The van der Waals surface area contributed by atoms with Crippen molar-refractivity contribution < 1.29 is 23.6 Å². The molecule has 4 aliphatic rings. The van der Waals surface area contributed by atoms with E-state index < -0.39 is 12.6 Å². The fourth-order valence-electron chi connectivity index (χ4n) is 5.14. The van der Waals surface area contributed by atoms with Crippen molar-refractivity contribution in [1.82, 2.24) is 4.90 Å². The number of aryl methyl sites for hydroxylation is 1. The van der Waals surface area contributed by atoms with E-state index in [1.54, 1.807) is 17.8 Å². The third kappa shape index (κ3) is 4.51. The Hall–Kier alpha value is -2.48. The average Bonchev–Trinajstić information content (AvgIpc) is 3.12. The van der Waals surface area contributed by atoms with Gasteiger partial charge in [-0.3, -0.25) is 24.1 Å². The number of rotatable bonds is 8. The van der Waals surface area contributed by atoms with Crippen LogP contribution in [0.15, 0.2) is 23.1 Å². The predicted molar refractivity (Wildman–Crippen MR) is 120 cm³/mol. The van der Waals surface area contributed by atoms with Crippen LogP contribution in [0.1, 0.15) is 53.6 Å². The summed E-state index contributed by atoms with van der Waals surface area (Å²) in [7, 11) is 0. The van der Waals surface area contributed by atoms with E-state index in [0.717, 1.165) is 23.2 Å². The van der Waals surface area contributed by atoms with Crippen LogP contribution >= 0.6 is 11.8 Å². The summed E-state index contributed by atoms with van der Waals surface area (Å²) in [5.41, 5.74) is 2.38. The largest absolute Gasteiger partial charge is 0.323 e. The van der Waals surface area contributed by atoms with E-state index in [1.807, 2.05) is 6.92 Å². The van der Waals surface area contributed by atoms with Gasteiger partial charge in [0, 0.05) is 34.4 Å². The Kier molecular flexibility index (Phi) is 6.79. The molecule has 3 aliphatic carbocycles. The molecule has 0 spiro atoms. The molecule has 3 fully saturated rings. The number of aldehydes is 1. The summed E-state index contributed by atoms with van der Waals surface area (Å²) in [6.45, 7) is 0.801. The summed E-state index contributed by atoms with van der Waals surface area (Å²) in [6, 6.07) is 1.78. The first-order valence-corrected chi connectivity index (χ1v) is 12.0.